The second kappa shape index (κ2) is 8.91. The predicted molar refractivity (Wildman–Crippen MR) is 98.3 cm³/mol. The van der Waals surface area contributed by atoms with Gasteiger partial charge in [0.25, 0.3) is 5.91 Å². The van der Waals surface area contributed by atoms with Crippen molar-refractivity contribution in [2.45, 2.75) is 19.8 Å². The van der Waals surface area contributed by atoms with Crippen LogP contribution in [-0.2, 0) is 19.2 Å². The van der Waals surface area contributed by atoms with Crippen molar-refractivity contribution in [2.75, 3.05) is 17.2 Å². The summed E-state index contributed by atoms with van der Waals surface area (Å²) in [7, 11) is 0. The van der Waals surface area contributed by atoms with Gasteiger partial charge in [0, 0.05) is 25.1 Å². The first-order valence-corrected chi connectivity index (χ1v) is 8.58. The van der Waals surface area contributed by atoms with Crippen LogP contribution in [0.5, 0.6) is 11.5 Å². The quantitative estimate of drug-likeness (QED) is 0.588. The van der Waals surface area contributed by atoms with E-state index in [0.29, 0.717) is 23.1 Å². The zero-order valence-corrected chi connectivity index (χ0v) is 15.1. The fourth-order valence-electron chi connectivity index (χ4n) is 2.15. The van der Waals surface area contributed by atoms with E-state index in [4.69, 9.17) is 9.57 Å². The Hall–Kier alpha value is -3.53. The van der Waals surface area contributed by atoms with Gasteiger partial charge in [-0.25, -0.2) is 15.4 Å². The van der Waals surface area contributed by atoms with Crippen molar-refractivity contribution in [1.29, 1.82) is 0 Å². The third-order valence-corrected chi connectivity index (χ3v) is 3.60. The van der Waals surface area contributed by atoms with Gasteiger partial charge in [0.05, 0.1) is 6.20 Å². The Bertz CT molecular complexity index is 867. The van der Waals surface area contributed by atoms with Crippen LogP contribution in [0.2, 0.25) is 0 Å². The molecule has 0 aromatic carbocycles. The number of nitrogens with zero attached hydrogens (tertiary/aromatic N) is 2. The third kappa shape index (κ3) is 6.02. The molecule has 1 aliphatic rings. The van der Waals surface area contributed by atoms with Gasteiger partial charge in [0.2, 0.25) is 11.8 Å². The molecule has 0 aliphatic heterocycles. The van der Waals surface area contributed by atoms with E-state index >= 15 is 0 Å². The molecule has 2 heterocycles. The minimum atomic E-state index is -0.452. The molecule has 0 bridgehead atoms. The number of ether oxygens (including phenoxy) is 1. The van der Waals surface area contributed by atoms with Crippen LogP contribution in [0.1, 0.15) is 19.8 Å². The zero-order valence-electron chi connectivity index (χ0n) is 15.1. The van der Waals surface area contributed by atoms with E-state index in [9.17, 15) is 14.4 Å². The zero-order chi connectivity index (χ0) is 19.9. The van der Waals surface area contributed by atoms with Gasteiger partial charge in [0.15, 0.2) is 6.61 Å². The molecule has 0 radical (unpaired) electrons. The minimum Gasteiger partial charge on any atom is -0.456 e. The highest BCUT2D eigenvalue weighted by molar-refractivity contribution is 5.91. The molecule has 0 saturated heterocycles. The van der Waals surface area contributed by atoms with Crippen LogP contribution in [0.4, 0.5) is 11.6 Å². The maximum Gasteiger partial charge on any atom is 0.254 e. The summed E-state index contributed by atoms with van der Waals surface area (Å²) < 4.78 is 5.64. The van der Waals surface area contributed by atoms with E-state index in [1.807, 2.05) is 0 Å². The molecule has 3 rings (SSSR count). The molecule has 0 unspecified atom stereocenters. The van der Waals surface area contributed by atoms with Gasteiger partial charge in [-0.05, 0) is 31.0 Å². The monoisotopic (exact) mass is 385 g/mol. The van der Waals surface area contributed by atoms with E-state index in [1.54, 1.807) is 24.3 Å². The highest BCUT2D eigenvalue weighted by atomic mass is 16.7. The maximum atomic E-state index is 11.8. The van der Waals surface area contributed by atoms with E-state index in [0.717, 1.165) is 12.8 Å². The number of rotatable bonds is 8. The van der Waals surface area contributed by atoms with Crippen molar-refractivity contribution in [3.63, 3.8) is 0 Å². The number of nitrogens with one attached hydrogen (secondary N) is 3. The van der Waals surface area contributed by atoms with Crippen LogP contribution < -0.4 is 20.9 Å². The van der Waals surface area contributed by atoms with E-state index in [2.05, 4.69) is 26.1 Å². The molecular weight excluding hydrogens is 366 g/mol. The Balaban J connectivity index is 1.47. The van der Waals surface area contributed by atoms with Gasteiger partial charge in [-0.3, -0.25) is 19.2 Å². The number of carbonyl (C=O) groups excluding carboxylic acids is 3. The standard InChI is InChI=1S/C18H19N5O5/c1-11(24)21-16-8-13(6-7-19-16)28-14-4-5-15(20-9-14)22-17(25)10-27-23-18(26)12-2-3-12/h4-9,12H,2-3,10H2,1H3,(H,23,26)(H,19,21,24)(H,20,22,25). The molecule has 28 heavy (non-hydrogen) atoms. The van der Waals surface area contributed by atoms with E-state index in [1.165, 1.54) is 19.3 Å². The number of anilines is 2. The molecule has 0 atom stereocenters. The second-order valence-electron chi connectivity index (χ2n) is 6.12. The average Bonchev–Trinajstić information content (AvgIpc) is 3.48. The Morgan fingerprint density at radius 3 is 2.57 bits per heavy atom. The van der Waals surface area contributed by atoms with Crippen molar-refractivity contribution < 1.29 is 24.0 Å². The number of hydrogen-bond acceptors (Lipinski definition) is 7. The molecular formula is C18H19N5O5. The average molecular weight is 385 g/mol. The highest BCUT2D eigenvalue weighted by Gasteiger charge is 2.29. The van der Waals surface area contributed by atoms with Crippen molar-refractivity contribution in [3.05, 3.63) is 36.7 Å². The van der Waals surface area contributed by atoms with Crippen molar-refractivity contribution >= 4 is 29.4 Å². The summed E-state index contributed by atoms with van der Waals surface area (Å²) in [6.45, 7) is 1.07. The molecule has 10 heteroatoms. The van der Waals surface area contributed by atoms with Gasteiger partial charge in [-0.1, -0.05) is 0 Å². The molecule has 146 valence electrons. The first-order chi connectivity index (χ1) is 13.5. The third-order valence-electron chi connectivity index (χ3n) is 3.60. The normalized spacial score (nSPS) is 12.8. The summed E-state index contributed by atoms with van der Waals surface area (Å²) in [6, 6.07) is 6.39. The number of aromatic nitrogens is 2. The van der Waals surface area contributed by atoms with Crippen LogP contribution >= 0.6 is 0 Å². The maximum absolute atomic E-state index is 11.8. The minimum absolute atomic E-state index is 0.00647. The van der Waals surface area contributed by atoms with Crippen molar-refractivity contribution in [1.82, 2.24) is 15.4 Å². The van der Waals surface area contributed by atoms with Gasteiger partial charge >= 0.3 is 0 Å². The molecule has 3 N–H and O–H groups in total. The first-order valence-electron chi connectivity index (χ1n) is 8.58. The Morgan fingerprint density at radius 1 is 1.07 bits per heavy atom. The Labute approximate surface area is 160 Å². The number of pyridine rings is 2. The topological polar surface area (TPSA) is 132 Å². The summed E-state index contributed by atoms with van der Waals surface area (Å²) in [5.74, 6) is 0.702. The molecule has 2 aromatic rings. The molecule has 0 spiro atoms. The van der Waals surface area contributed by atoms with Crippen molar-refractivity contribution in [3.8, 4) is 11.5 Å². The van der Waals surface area contributed by atoms with Gasteiger partial charge in [-0.2, -0.15) is 0 Å². The van der Waals surface area contributed by atoms with Crippen LogP contribution in [0.15, 0.2) is 36.7 Å². The Morgan fingerprint density at radius 2 is 1.89 bits per heavy atom. The van der Waals surface area contributed by atoms with E-state index < -0.39 is 5.91 Å². The highest BCUT2D eigenvalue weighted by Crippen LogP contribution is 2.28. The number of hydroxylamine groups is 1. The SMILES string of the molecule is CC(=O)Nc1cc(Oc2ccc(NC(=O)CONC(=O)C3CC3)nc2)ccn1. The van der Waals surface area contributed by atoms with Crippen LogP contribution in [0.3, 0.4) is 0 Å². The molecule has 1 fully saturated rings. The smallest absolute Gasteiger partial charge is 0.254 e. The van der Waals surface area contributed by atoms with Gasteiger partial charge in [0.1, 0.15) is 23.1 Å². The second-order valence-corrected chi connectivity index (χ2v) is 6.12. The number of carbonyl (C=O) groups is 3. The molecule has 1 saturated carbocycles. The summed E-state index contributed by atoms with van der Waals surface area (Å²) >= 11 is 0. The summed E-state index contributed by atoms with van der Waals surface area (Å²) in [6.07, 6.45) is 4.65. The van der Waals surface area contributed by atoms with Gasteiger partial charge in [-0.15, -0.1) is 0 Å². The lowest BCUT2D eigenvalue weighted by Gasteiger charge is -2.09. The summed E-state index contributed by atoms with van der Waals surface area (Å²) in [5, 5.41) is 5.11. The predicted octanol–water partition coefficient (Wildman–Crippen LogP) is 1.62. The van der Waals surface area contributed by atoms with Gasteiger partial charge < -0.3 is 15.4 Å². The number of amides is 3. The largest absolute Gasteiger partial charge is 0.456 e. The van der Waals surface area contributed by atoms with Crippen LogP contribution in [0.25, 0.3) is 0 Å². The van der Waals surface area contributed by atoms with E-state index in [-0.39, 0.29) is 24.3 Å². The van der Waals surface area contributed by atoms with Crippen LogP contribution in [-0.4, -0.2) is 34.3 Å². The number of hydrogen-bond donors (Lipinski definition) is 3. The van der Waals surface area contributed by atoms with Crippen LogP contribution in [0, 0.1) is 5.92 Å². The fourth-order valence-corrected chi connectivity index (χ4v) is 2.15. The van der Waals surface area contributed by atoms with Crippen molar-refractivity contribution in [2.24, 2.45) is 5.92 Å². The molecule has 2 aromatic heterocycles. The molecule has 1 aliphatic carbocycles. The lowest BCUT2D eigenvalue weighted by Crippen LogP contribution is -2.30. The Kier molecular flexibility index (Phi) is 6.12. The fraction of sp³-hybridized carbons (Fsp3) is 0.278. The summed E-state index contributed by atoms with van der Waals surface area (Å²) in [4.78, 5) is 47.2. The first kappa shape index (κ1) is 19.2. The molecule has 3 amide bonds. The lowest BCUT2D eigenvalue weighted by molar-refractivity contribution is -0.138. The lowest BCUT2D eigenvalue weighted by atomic mass is 10.4. The summed E-state index contributed by atoms with van der Waals surface area (Å²) in [5.41, 5.74) is 2.24. The molecule has 10 nitrogen and oxygen atoms in total.